The first-order valence-electron chi connectivity index (χ1n) is 5.74. The number of alkyl halides is 1. The topological polar surface area (TPSA) is 37.6 Å². The van der Waals surface area contributed by atoms with Crippen molar-refractivity contribution >= 4 is 23.0 Å². The van der Waals surface area contributed by atoms with Gasteiger partial charge in [0, 0.05) is 19.1 Å². The van der Waals surface area contributed by atoms with Gasteiger partial charge in [-0.2, -0.15) is 5.10 Å². The molecule has 4 nitrogen and oxygen atoms in total. The van der Waals surface area contributed by atoms with Crippen LogP contribution >= 0.6 is 11.6 Å². The number of pyridine rings is 1. The Morgan fingerprint density at radius 1 is 1.50 bits per heavy atom. The van der Waals surface area contributed by atoms with E-state index in [9.17, 15) is 4.79 Å². The van der Waals surface area contributed by atoms with Gasteiger partial charge in [0.1, 0.15) is 0 Å². The maximum absolute atomic E-state index is 12.4. The van der Waals surface area contributed by atoms with Crippen molar-refractivity contribution in [3.8, 4) is 0 Å². The number of hydrogen-bond donors (Lipinski definition) is 0. The van der Waals surface area contributed by atoms with E-state index in [4.69, 9.17) is 11.6 Å². The third-order valence-corrected chi connectivity index (χ3v) is 3.85. The zero-order valence-electron chi connectivity index (χ0n) is 10.7. The Labute approximate surface area is 111 Å². The molecule has 18 heavy (non-hydrogen) atoms. The van der Waals surface area contributed by atoms with Crippen LogP contribution in [0.15, 0.2) is 30.6 Å². The van der Waals surface area contributed by atoms with Gasteiger partial charge in [-0.1, -0.05) is 6.07 Å². The number of hydrogen-bond acceptors (Lipinski definition) is 2. The normalized spacial score (nSPS) is 11.8. The lowest BCUT2D eigenvalue weighted by molar-refractivity contribution is 0.0662. The first kappa shape index (κ1) is 12.9. The van der Waals surface area contributed by atoms with Gasteiger partial charge in [0.2, 0.25) is 0 Å². The first-order valence-corrected chi connectivity index (χ1v) is 6.27. The number of nitrogens with zero attached hydrogens (tertiary/aromatic N) is 3. The Kier molecular flexibility index (Phi) is 3.30. The molecule has 2 aromatic heterocycles. The molecule has 0 atom stereocenters. The summed E-state index contributed by atoms with van der Waals surface area (Å²) in [5.74, 6) is 0.316. The van der Waals surface area contributed by atoms with E-state index in [0.29, 0.717) is 11.4 Å². The number of rotatable bonds is 3. The number of carbonyl (C=O) groups excluding carboxylic acids is 1. The second-order valence-corrected chi connectivity index (χ2v) is 5.17. The lowest BCUT2D eigenvalue weighted by atomic mass is 10.1. The van der Waals surface area contributed by atoms with Gasteiger partial charge in [0.15, 0.2) is 0 Å². The average Bonchev–Trinajstić information content (AvgIpc) is 2.80. The Balaban J connectivity index is 2.40. The van der Waals surface area contributed by atoms with Crippen LogP contribution in [0.3, 0.4) is 0 Å². The van der Waals surface area contributed by atoms with Crippen LogP contribution in [-0.2, 0) is 0 Å². The van der Waals surface area contributed by atoms with Gasteiger partial charge < -0.3 is 4.90 Å². The molecule has 0 fully saturated rings. The summed E-state index contributed by atoms with van der Waals surface area (Å²) in [5.41, 5.74) is 1.01. The van der Waals surface area contributed by atoms with Gasteiger partial charge >= 0.3 is 0 Å². The van der Waals surface area contributed by atoms with Crippen LogP contribution in [0.25, 0.3) is 5.52 Å². The molecular formula is C13H16ClN3O. The molecule has 2 rings (SSSR count). The molecule has 0 N–H and O–H groups in total. The number of carbonyl (C=O) groups is 1. The zero-order chi connectivity index (χ0) is 13.3. The molecule has 0 aliphatic rings. The van der Waals surface area contributed by atoms with E-state index in [1.807, 2.05) is 38.2 Å². The molecule has 0 radical (unpaired) electrons. The molecule has 0 spiro atoms. The Bertz CT molecular complexity index is 576. The molecule has 0 bridgehead atoms. The van der Waals surface area contributed by atoms with E-state index in [1.165, 1.54) is 0 Å². The van der Waals surface area contributed by atoms with Crippen LogP contribution in [0.4, 0.5) is 0 Å². The Morgan fingerprint density at radius 3 is 2.89 bits per heavy atom. The predicted molar refractivity (Wildman–Crippen MR) is 72.1 cm³/mol. The van der Waals surface area contributed by atoms with Crippen molar-refractivity contribution in [1.29, 1.82) is 0 Å². The highest BCUT2D eigenvalue weighted by Gasteiger charge is 2.28. The SMILES string of the molecule is CN(C(=O)c1cnn2ccccc12)C(C)(C)CCl. The van der Waals surface area contributed by atoms with Gasteiger partial charge in [-0.25, -0.2) is 4.52 Å². The summed E-state index contributed by atoms with van der Waals surface area (Å²) in [4.78, 5) is 14.1. The summed E-state index contributed by atoms with van der Waals surface area (Å²) in [6.45, 7) is 3.87. The molecule has 0 saturated heterocycles. The molecule has 0 aliphatic carbocycles. The monoisotopic (exact) mass is 265 g/mol. The van der Waals surface area contributed by atoms with E-state index >= 15 is 0 Å². The van der Waals surface area contributed by atoms with Crippen molar-refractivity contribution in [2.75, 3.05) is 12.9 Å². The fourth-order valence-corrected chi connectivity index (χ4v) is 1.82. The number of fused-ring (bicyclic) bond motifs is 1. The summed E-state index contributed by atoms with van der Waals surface area (Å²) < 4.78 is 1.69. The van der Waals surface area contributed by atoms with E-state index in [-0.39, 0.29) is 11.4 Å². The summed E-state index contributed by atoms with van der Waals surface area (Å²) in [7, 11) is 1.76. The van der Waals surface area contributed by atoms with Crippen molar-refractivity contribution in [1.82, 2.24) is 14.5 Å². The summed E-state index contributed by atoms with van der Waals surface area (Å²) in [6, 6.07) is 5.64. The average molecular weight is 266 g/mol. The van der Waals surface area contributed by atoms with Crippen LogP contribution in [0.2, 0.25) is 0 Å². The molecule has 0 aliphatic heterocycles. The number of halogens is 1. The standard InChI is InChI=1S/C13H16ClN3O/c1-13(2,9-14)16(3)12(18)10-8-15-17-7-5-4-6-11(10)17/h4-8H,9H2,1-3H3. The highest BCUT2D eigenvalue weighted by molar-refractivity contribution is 6.18. The van der Waals surface area contributed by atoms with Crippen LogP contribution in [0.1, 0.15) is 24.2 Å². The largest absolute Gasteiger partial charge is 0.335 e. The van der Waals surface area contributed by atoms with E-state index in [0.717, 1.165) is 5.52 Å². The van der Waals surface area contributed by atoms with E-state index in [2.05, 4.69) is 5.10 Å². The minimum Gasteiger partial charge on any atom is -0.335 e. The molecular weight excluding hydrogens is 250 g/mol. The second kappa shape index (κ2) is 4.61. The van der Waals surface area contributed by atoms with Gasteiger partial charge in [0.05, 0.1) is 22.8 Å². The van der Waals surface area contributed by atoms with E-state index < -0.39 is 0 Å². The fourth-order valence-electron chi connectivity index (χ4n) is 1.64. The minimum atomic E-state index is -0.387. The maximum atomic E-state index is 12.4. The molecule has 96 valence electrons. The minimum absolute atomic E-state index is 0.0677. The van der Waals surface area contributed by atoms with Crippen molar-refractivity contribution in [3.63, 3.8) is 0 Å². The third kappa shape index (κ3) is 2.08. The molecule has 5 heteroatoms. The van der Waals surface area contributed by atoms with Crippen LogP contribution in [-0.4, -0.2) is 38.9 Å². The van der Waals surface area contributed by atoms with E-state index in [1.54, 1.807) is 22.7 Å². The number of amides is 1. The lowest BCUT2D eigenvalue weighted by Crippen LogP contribution is -2.46. The first-order chi connectivity index (χ1) is 8.47. The maximum Gasteiger partial charge on any atom is 0.257 e. The third-order valence-electron chi connectivity index (χ3n) is 3.20. The van der Waals surface area contributed by atoms with Crippen molar-refractivity contribution in [2.45, 2.75) is 19.4 Å². The number of aromatic nitrogens is 2. The Hall–Kier alpha value is -1.55. The molecule has 1 amide bonds. The van der Waals surface area contributed by atoms with Gasteiger partial charge in [0.25, 0.3) is 5.91 Å². The molecule has 2 heterocycles. The van der Waals surface area contributed by atoms with Gasteiger partial charge in [-0.15, -0.1) is 11.6 Å². The van der Waals surface area contributed by atoms with Crippen molar-refractivity contribution in [2.24, 2.45) is 0 Å². The van der Waals surface area contributed by atoms with Gasteiger partial charge in [-0.05, 0) is 26.0 Å². The molecule has 0 unspecified atom stereocenters. The zero-order valence-corrected chi connectivity index (χ0v) is 11.5. The van der Waals surface area contributed by atoms with Crippen molar-refractivity contribution in [3.05, 3.63) is 36.2 Å². The summed E-state index contributed by atoms with van der Waals surface area (Å²) in [5, 5.41) is 4.17. The van der Waals surface area contributed by atoms with Crippen LogP contribution < -0.4 is 0 Å². The summed E-state index contributed by atoms with van der Waals surface area (Å²) in [6.07, 6.45) is 3.41. The smallest absolute Gasteiger partial charge is 0.257 e. The quantitative estimate of drug-likeness (QED) is 0.800. The predicted octanol–water partition coefficient (Wildman–Crippen LogP) is 2.42. The van der Waals surface area contributed by atoms with Gasteiger partial charge in [-0.3, -0.25) is 4.79 Å². The van der Waals surface area contributed by atoms with Crippen molar-refractivity contribution < 1.29 is 4.79 Å². The van der Waals surface area contributed by atoms with Crippen LogP contribution in [0, 0.1) is 0 Å². The molecule has 0 saturated carbocycles. The van der Waals surface area contributed by atoms with Crippen LogP contribution in [0.5, 0.6) is 0 Å². The second-order valence-electron chi connectivity index (χ2n) is 4.90. The molecule has 2 aromatic rings. The fraction of sp³-hybridized carbons (Fsp3) is 0.385. The Morgan fingerprint density at radius 2 is 2.22 bits per heavy atom. The molecule has 0 aromatic carbocycles. The highest BCUT2D eigenvalue weighted by Crippen LogP contribution is 2.19. The highest BCUT2D eigenvalue weighted by atomic mass is 35.5. The lowest BCUT2D eigenvalue weighted by Gasteiger charge is -2.33. The summed E-state index contributed by atoms with van der Waals surface area (Å²) >= 11 is 5.90.